The molecule has 0 atom stereocenters. The average Bonchev–Trinajstić information content (AvgIpc) is 3.11. The number of nitrogens with zero attached hydrogens (tertiary/aromatic N) is 3. The molecule has 132 valence electrons. The van der Waals surface area contributed by atoms with E-state index in [9.17, 15) is 4.79 Å². The van der Waals surface area contributed by atoms with Crippen molar-refractivity contribution in [1.29, 1.82) is 0 Å². The largest absolute Gasteiger partial charge is 0.461 e. The first kappa shape index (κ1) is 16.4. The van der Waals surface area contributed by atoms with Gasteiger partial charge in [-0.05, 0) is 31.0 Å². The minimum absolute atomic E-state index is 0.347. The molecule has 0 N–H and O–H groups in total. The number of carbonyl (C=O) groups is 1. The second-order valence-corrected chi connectivity index (χ2v) is 6.28. The third kappa shape index (κ3) is 2.96. The zero-order chi connectivity index (χ0) is 17.9. The van der Waals surface area contributed by atoms with Crippen LogP contribution in [-0.2, 0) is 17.7 Å². The Hall–Kier alpha value is -3.08. The Balaban J connectivity index is 1.66. The maximum Gasteiger partial charge on any atom is 0.358 e. The van der Waals surface area contributed by atoms with Crippen molar-refractivity contribution in [2.75, 3.05) is 18.1 Å². The van der Waals surface area contributed by atoms with Crippen molar-refractivity contribution in [3.63, 3.8) is 0 Å². The van der Waals surface area contributed by atoms with Crippen LogP contribution in [0, 0.1) is 0 Å². The zero-order valence-corrected chi connectivity index (χ0v) is 14.8. The molecule has 0 aliphatic carbocycles. The van der Waals surface area contributed by atoms with Crippen molar-refractivity contribution in [1.82, 2.24) is 9.55 Å². The molecule has 2 heterocycles. The van der Waals surface area contributed by atoms with Crippen molar-refractivity contribution in [3.05, 3.63) is 77.9 Å². The van der Waals surface area contributed by atoms with Crippen LogP contribution in [0.5, 0.6) is 0 Å². The Kier molecular flexibility index (Phi) is 4.44. The molecule has 2 aromatic carbocycles. The Morgan fingerprint density at radius 3 is 2.58 bits per heavy atom. The summed E-state index contributed by atoms with van der Waals surface area (Å²) in [6.45, 7) is 3.66. The summed E-state index contributed by atoms with van der Waals surface area (Å²) in [5, 5.41) is 0. The molecule has 0 bridgehead atoms. The summed E-state index contributed by atoms with van der Waals surface area (Å²) >= 11 is 0. The molecule has 0 fully saturated rings. The highest BCUT2D eigenvalue weighted by Gasteiger charge is 2.27. The van der Waals surface area contributed by atoms with Crippen LogP contribution in [0.3, 0.4) is 0 Å². The van der Waals surface area contributed by atoms with Gasteiger partial charge in [-0.3, -0.25) is 4.57 Å². The lowest BCUT2D eigenvalue weighted by molar-refractivity contribution is 0.0518. The predicted octanol–water partition coefficient (Wildman–Crippen LogP) is 3.61. The Labute approximate surface area is 152 Å². The lowest BCUT2D eigenvalue weighted by Crippen LogP contribution is -2.32. The first-order valence-electron chi connectivity index (χ1n) is 8.89. The maximum absolute atomic E-state index is 12.3. The first-order chi connectivity index (χ1) is 12.8. The van der Waals surface area contributed by atoms with E-state index >= 15 is 0 Å². The molecule has 5 nitrogen and oxygen atoms in total. The Morgan fingerprint density at radius 1 is 1.08 bits per heavy atom. The fraction of sp³-hybridized carbons (Fsp3) is 0.238. The van der Waals surface area contributed by atoms with Gasteiger partial charge in [0.15, 0.2) is 5.69 Å². The molecule has 1 aromatic heterocycles. The summed E-state index contributed by atoms with van der Waals surface area (Å²) in [4.78, 5) is 18.9. The number of hydrogen-bond donors (Lipinski definition) is 0. The molecule has 4 rings (SSSR count). The van der Waals surface area contributed by atoms with Crippen LogP contribution >= 0.6 is 0 Å². The fourth-order valence-electron chi connectivity index (χ4n) is 3.41. The monoisotopic (exact) mass is 347 g/mol. The first-order valence-corrected chi connectivity index (χ1v) is 8.89. The number of fused-ring (bicyclic) bond motifs is 3. The van der Waals surface area contributed by atoms with Gasteiger partial charge in [-0.2, -0.15) is 0 Å². The Bertz CT molecular complexity index is 918. The molecule has 0 radical (unpaired) electrons. The van der Waals surface area contributed by atoms with Gasteiger partial charge in [-0.15, -0.1) is 0 Å². The summed E-state index contributed by atoms with van der Waals surface area (Å²) in [5.41, 5.74) is 4.80. The van der Waals surface area contributed by atoms with Crippen LogP contribution in [-0.4, -0.2) is 28.7 Å². The fourth-order valence-corrected chi connectivity index (χ4v) is 3.41. The number of anilines is 1. The highest BCUT2D eigenvalue weighted by Crippen LogP contribution is 2.33. The van der Waals surface area contributed by atoms with E-state index in [-0.39, 0.29) is 5.97 Å². The van der Waals surface area contributed by atoms with Gasteiger partial charge >= 0.3 is 5.97 Å². The highest BCUT2D eigenvalue weighted by molar-refractivity contribution is 5.89. The van der Waals surface area contributed by atoms with E-state index in [1.807, 2.05) is 29.7 Å². The molecule has 0 saturated carbocycles. The van der Waals surface area contributed by atoms with Gasteiger partial charge in [0.2, 0.25) is 0 Å². The van der Waals surface area contributed by atoms with E-state index in [4.69, 9.17) is 4.74 Å². The quantitative estimate of drug-likeness (QED) is 0.662. The minimum atomic E-state index is -0.358. The SMILES string of the molecule is CCOC(=O)c1ncn2c1CN(CCc1ccccc1)c1ccccc1-2. The number of aromatic nitrogens is 2. The summed E-state index contributed by atoms with van der Waals surface area (Å²) in [7, 11) is 0. The van der Waals surface area contributed by atoms with Gasteiger partial charge in [-0.1, -0.05) is 42.5 Å². The summed E-state index contributed by atoms with van der Waals surface area (Å²) in [5.74, 6) is -0.358. The van der Waals surface area contributed by atoms with E-state index in [0.717, 1.165) is 30.0 Å². The van der Waals surface area contributed by atoms with Crippen molar-refractivity contribution in [2.24, 2.45) is 0 Å². The number of imidazole rings is 1. The van der Waals surface area contributed by atoms with Gasteiger partial charge in [0, 0.05) is 6.54 Å². The molecule has 0 spiro atoms. The number of ether oxygens (including phenoxy) is 1. The van der Waals surface area contributed by atoms with E-state index in [0.29, 0.717) is 18.8 Å². The number of hydrogen-bond acceptors (Lipinski definition) is 4. The number of para-hydroxylation sites is 2. The third-order valence-corrected chi connectivity index (χ3v) is 4.67. The summed E-state index contributed by atoms with van der Waals surface area (Å²) < 4.78 is 7.17. The van der Waals surface area contributed by atoms with Crippen LogP contribution < -0.4 is 4.90 Å². The van der Waals surface area contributed by atoms with Crippen molar-refractivity contribution in [3.8, 4) is 5.69 Å². The molecule has 0 amide bonds. The van der Waals surface area contributed by atoms with Crippen molar-refractivity contribution >= 4 is 11.7 Å². The smallest absolute Gasteiger partial charge is 0.358 e. The molecule has 5 heteroatoms. The van der Waals surface area contributed by atoms with Crippen molar-refractivity contribution in [2.45, 2.75) is 19.9 Å². The lowest BCUT2D eigenvalue weighted by Gasteiger charge is -2.32. The van der Waals surface area contributed by atoms with Gasteiger partial charge in [0.1, 0.15) is 6.33 Å². The van der Waals surface area contributed by atoms with E-state index in [1.165, 1.54) is 5.56 Å². The van der Waals surface area contributed by atoms with Crippen molar-refractivity contribution < 1.29 is 9.53 Å². The molecule has 1 aliphatic rings. The van der Waals surface area contributed by atoms with E-state index in [2.05, 4.69) is 46.3 Å². The van der Waals surface area contributed by atoms with Gasteiger partial charge in [0.25, 0.3) is 0 Å². The molecular weight excluding hydrogens is 326 g/mol. The van der Waals surface area contributed by atoms with Crippen LogP contribution in [0.4, 0.5) is 5.69 Å². The summed E-state index contributed by atoms with van der Waals surface area (Å²) in [6, 6.07) is 18.7. The topological polar surface area (TPSA) is 47.4 Å². The summed E-state index contributed by atoms with van der Waals surface area (Å²) in [6.07, 6.45) is 2.66. The minimum Gasteiger partial charge on any atom is -0.461 e. The zero-order valence-electron chi connectivity index (χ0n) is 14.8. The number of benzene rings is 2. The van der Waals surface area contributed by atoms with Crippen LogP contribution in [0.1, 0.15) is 28.7 Å². The van der Waals surface area contributed by atoms with Gasteiger partial charge in [-0.25, -0.2) is 9.78 Å². The normalized spacial score (nSPS) is 12.4. The third-order valence-electron chi connectivity index (χ3n) is 4.67. The molecule has 0 saturated heterocycles. The predicted molar refractivity (Wildman–Crippen MR) is 101 cm³/mol. The van der Waals surface area contributed by atoms with Crippen LogP contribution in [0.25, 0.3) is 5.69 Å². The number of carbonyl (C=O) groups excluding carboxylic acids is 1. The highest BCUT2D eigenvalue weighted by atomic mass is 16.5. The maximum atomic E-state index is 12.3. The molecule has 3 aromatic rings. The molecule has 0 unspecified atom stereocenters. The van der Waals surface area contributed by atoms with E-state index in [1.54, 1.807) is 6.33 Å². The molecule has 1 aliphatic heterocycles. The second-order valence-electron chi connectivity index (χ2n) is 6.28. The number of rotatable bonds is 5. The van der Waals surface area contributed by atoms with Crippen LogP contribution in [0.2, 0.25) is 0 Å². The average molecular weight is 347 g/mol. The lowest BCUT2D eigenvalue weighted by atomic mass is 10.1. The van der Waals surface area contributed by atoms with Gasteiger partial charge in [0.05, 0.1) is 30.2 Å². The van der Waals surface area contributed by atoms with Crippen LogP contribution in [0.15, 0.2) is 60.9 Å². The van der Waals surface area contributed by atoms with E-state index < -0.39 is 0 Å². The standard InChI is InChI=1S/C21H21N3O2/c1-2-26-21(25)20-19-14-23(13-12-16-8-4-3-5-9-16)17-10-6-7-11-18(17)24(19)15-22-20/h3-11,15H,2,12-14H2,1H3. The second kappa shape index (κ2) is 7.04. The molecular formula is C21H21N3O2. The van der Waals surface area contributed by atoms with Gasteiger partial charge < -0.3 is 9.64 Å². The Morgan fingerprint density at radius 2 is 1.81 bits per heavy atom. The molecule has 26 heavy (non-hydrogen) atoms. The number of esters is 1.